The van der Waals surface area contributed by atoms with Gasteiger partial charge in [-0.25, -0.2) is 0 Å². The lowest BCUT2D eigenvalue weighted by molar-refractivity contribution is 0.0992. The molecule has 1 aromatic heterocycles. The minimum atomic E-state index is 0.208. The van der Waals surface area contributed by atoms with Crippen LogP contribution in [0.2, 0.25) is 0 Å². The molecule has 1 nitrogen and oxygen atoms in total. The van der Waals surface area contributed by atoms with Gasteiger partial charge in [-0.2, -0.15) is 0 Å². The Balaban J connectivity index is 2.29. The van der Waals surface area contributed by atoms with Crippen molar-refractivity contribution >= 4 is 33.0 Å². The molecule has 3 heteroatoms. The quantitative estimate of drug-likeness (QED) is 0.737. The Labute approximate surface area is 120 Å². The van der Waals surface area contributed by atoms with Gasteiger partial charge in [0.2, 0.25) is 0 Å². The standard InChI is InChI=1S/C15H15BrOS/c1-9-6-10(2)15(11(3)7-9)13(17)8-12-4-5-14(16)18-12/h4-7H,8H2,1-3H3. The van der Waals surface area contributed by atoms with Crippen LogP contribution in [-0.2, 0) is 6.42 Å². The summed E-state index contributed by atoms with van der Waals surface area (Å²) in [6.07, 6.45) is 0.487. The molecule has 0 saturated heterocycles. The number of hydrogen-bond donors (Lipinski definition) is 0. The first-order valence-corrected chi connectivity index (χ1v) is 7.43. The second kappa shape index (κ2) is 5.37. The highest BCUT2D eigenvalue weighted by molar-refractivity contribution is 9.11. The number of Topliss-reactive ketones (excluding diaryl/α,β-unsaturated/α-hetero) is 1. The van der Waals surface area contributed by atoms with Gasteiger partial charge in [0.05, 0.1) is 3.79 Å². The minimum Gasteiger partial charge on any atom is -0.294 e. The molecule has 2 aromatic rings. The molecule has 0 bridgehead atoms. The lowest BCUT2D eigenvalue weighted by Gasteiger charge is -2.09. The molecule has 0 spiro atoms. The first-order valence-electron chi connectivity index (χ1n) is 5.82. The van der Waals surface area contributed by atoms with E-state index in [9.17, 15) is 4.79 Å². The topological polar surface area (TPSA) is 17.1 Å². The smallest absolute Gasteiger partial charge is 0.168 e. The Hall–Kier alpha value is -0.930. The van der Waals surface area contributed by atoms with E-state index in [4.69, 9.17) is 0 Å². The SMILES string of the molecule is Cc1cc(C)c(C(=O)Cc2ccc(Br)s2)c(C)c1. The maximum absolute atomic E-state index is 12.4. The minimum absolute atomic E-state index is 0.208. The fourth-order valence-corrected chi connectivity index (χ4v) is 3.80. The number of aryl methyl sites for hydroxylation is 3. The van der Waals surface area contributed by atoms with E-state index in [0.717, 1.165) is 25.4 Å². The summed E-state index contributed by atoms with van der Waals surface area (Å²) in [4.78, 5) is 13.5. The molecular weight excluding hydrogens is 308 g/mol. The Morgan fingerprint density at radius 2 is 1.78 bits per heavy atom. The van der Waals surface area contributed by atoms with Gasteiger partial charge in [-0.05, 0) is 60.0 Å². The third kappa shape index (κ3) is 2.90. The highest BCUT2D eigenvalue weighted by Gasteiger charge is 2.14. The van der Waals surface area contributed by atoms with Crippen molar-refractivity contribution in [3.8, 4) is 0 Å². The molecule has 0 amide bonds. The number of thiophene rings is 1. The van der Waals surface area contributed by atoms with Crippen molar-refractivity contribution in [1.29, 1.82) is 0 Å². The number of hydrogen-bond acceptors (Lipinski definition) is 2. The van der Waals surface area contributed by atoms with Crippen LogP contribution in [0.4, 0.5) is 0 Å². The van der Waals surface area contributed by atoms with Crippen molar-refractivity contribution in [2.45, 2.75) is 27.2 Å². The largest absolute Gasteiger partial charge is 0.294 e. The van der Waals surface area contributed by atoms with Crippen LogP contribution in [0.15, 0.2) is 28.1 Å². The summed E-state index contributed by atoms with van der Waals surface area (Å²) in [7, 11) is 0. The Morgan fingerprint density at radius 3 is 2.28 bits per heavy atom. The van der Waals surface area contributed by atoms with E-state index in [1.165, 1.54) is 5.56 Å². The number of carbonyl (C=O) groups is 1. The van der Waals surface area contributed by atoms with Crippen LogP contribution < -0.4 is 0 Å². The summed E-state index contributed by atoms with van der Waals surface area (Å²) in [5.41, 5.74) is 4.24. The summed E-state index contributed by atoms with van der Waals surface area (Å²) >= 11 is 5.05. The Bertz CT molecular complexity index is 575. The molecule has 0 aliphatic heterocycles. The van der Waals surface area contributed by atoms with E-state index >= 15 is 0 Å². The first kappa shape index (κ1) is 13.5. The zero-order valence-corrected chi connectivity index (χ0v) is 13.1. The van der Waals surface area contributed by atoms with Crippen molar-refractivity contribution in [3.05, 3.63) is 55.2 Å². The van der Waals surface area contributed by atoms with E-state index in [2.05, 4.69) is 35.0 Å². The van der Waals surface area contributed by atoms with E-state index in [1.807, 2.05) is 26.0 Å². The predicted molar refractivity (Wildman–Crippen MR) is 80.7 cm³/mol. The van der Waals surface area contributed by atoms with Gasteiger partial charge in [-0.3, -0.25) is 4.79 Å². The molecule has 94 valence electrons. The zero-order chi connectivity index (χ0) is 13.3. The van der Waals surface area contributed by atoms with Crippen LogP contribution in [0.3, 0.4) is 0 Å². The van der Waals surface area contributed by atoms with Crippen LogP contribution in [0.25, 0.3) is 0 Å². The highest BCUT2D eigenvalue weighted by Crippen LogP contribution is 2.25. The number of benzene rings is 1. The molecule has 0 N–H and O–H groups in total. The second-order valence-electron chi connectivity index (χ2n) is 4.58. The van der Waals surface area contributed by atoms with Gasteiger partial charge < -0.3 is 0 Å². The summed E-state index contributed by atoms with van der Waals surface area (Å²) in [5.74, 6) is 0.208. The van der Waals surface area contributed by atoms with Crippen LogP contribution in [0.1, 0.15) is 31.9 Å². The Morgan fingerprint density at radius 1 is 1.17 bits per heavy atom. The predicted octanol–water partition coefficient (Wildman–Crippen LogP) is 4.86. The normalized spacial score (nSPS) is 10.7. The maximum atomic E-state index is 12.4. The van der Waals surface area contributed by atoms with Gasteiger partial charge in [0, 0.05) is 16.9 Å². The molecule has 1 aromatic carbocycles. The fraction of sp³-hybridized carbons (Fsp3) is 0.267. The van der Waals surface area contributed by atoms with Crippen LogP contribution in [0, 0.1) is 20.8 Å². The molecule has 18 heavy (non-hydrogen) atoms. The maximum Gasteiger partial charge on any atom is 0.168 e. The van der Waals surface area contributed by atoms with Crippen molar-refractivity contribution in [2.24, 2.45) is 0 Å². The number of carbonyl (C=O) groups excluding carboxylic acids is 1. The van der Waals surface area contributed by atoms with Gasteiger partial charge >= 0.3 is 0 Å². The van der Waals surface area contributed by atoms with E-state index in [1.54, 1.807) is 11.3 Å². The molecule has 0 aliphatic carbocycles. The number of rotatable bonds is 3. The molecule has 0 fully saturated rings. The average molecular weight is 323 g/mol. The van der Waals surface area contributed by atoms with Crippen LogP contribution >= 0.6 is 27.3 Å². The lowest BCUT2D eigenvalue weighted by atomic mass is 9.95. The van der Waals surface area contributed by atoms with Gasteiger partial charge in [0.15, 0.2) is 5.78 Å². The van der Waals surface area contributed by atoms with E-state index in [-0.39, 0.29) is 5.78 Å². The van der Waals surface area contributed by atoms with E-state index in [0.29, 0.717) is 6.42 Å². The zero-order valence-electron chi connectivity index (χ0n) is 10.7. The van der Waals surface area contributed by atoms with Crippen molar-refractivity contribution in [3.63, 3.8) is 0 Å². The monoisotopic (exact) mass is 322 g/mol. The second-order valence-corrected chi connectivity index (χ2v) is 7.13. The third-order valence-electron chi connectivity index (χ3n) is 2.92. The first-order chi connectivity index (χ1) is 8.47. The van der Waals surface area contributed by atoms with Crippen molar-refractivity contribution in [1.82, 2.24) is 0 Å². The van der Waals surface area contributed by atoms with Crippen molar-refractivity contribution in [2.75, 3.05) is 0 Å². The summed E-state index contributed by atoms with van der Waals surface area (Å²) < 4.78 is 1.07. The van der Waals surface area contributed by atoms with Gasteiger partial charge in [0.25, 0.3) is 0 Å². The van der Waals surface area contributed by atoms with E-state index < -0.39 is 0 Å². The fourth-order valence-electron chi connectivity index (χ4n) is 2.31. The van der Waals surface area contributed by atoms with Gasteiger partial charge in [-0.1, -0.05) is 17.7 Å². The molecule has 1 heterocycles. The summed E-state index contributed by atoms with van der Waals surface area (Å²) in [6.45, 7) is 6.08. The molecule has 0 atom stereocenters. The number of ketones is 1. The molecule has 2 rings (SSSR count). The number of halogens is 1. The average Bonchev–Trinajstić information content (AvgIpc) is 2.62. The van der Waals surface area contributed by atoms with Crippen LogP contribution in [-0.4, -0.2) is 5.78 Å². The molecule has 0 saturated carbocycles. The van der Waals surface area contributed by atoms with Gasteiger partial charge in [0.1, 0.15) is 0 Å². The molecular formula is C15H15BrOS. The van der Waals surface area contributed by atoms with Crippen molar-refractivity contribution < 1.29 is 4.79 Å². The highest BCUT2D eigenvalue weighted by atomic mass is 79.9. The molecule has 0 unspecified atom stereocenters. The summed E-state index contributed by atoms with van der Waals surface area (Å²) in [6, 6.07) is 8.14. The molecule has 0 radical (unpaired) electrons. The van der Waals surface area contributed by atoms with Gasteiger partial charge in [-0.15, -0.1) is 11.3 Å². The Kier molecular flexibility index (Phi) is 4.03. The lowest BCUT2D eigenvalue weighted by Crippen LogP contribution is -2.07. The summed E-state index contributed by atoms with van der Waals surface area (Å²) in [5, 5.41) is 0. The van der Waals surface area contributed by atoms with Crippen LogP contribution in [0.5, 0.6) is 0 Å². The molecule has 0 aliphatic rings. The third-order valence-corrected chi connectivity index (χ3v) is 4.54.